The van der Waals surface area contributed by atoms with Crippen molar-refractivity contribution in [2.75, 3.05) is 21.2 Å². The van der Waals surface area contributed by atoms with Crippen molar-refractivity contribution in [3.63, 3.8) is 0 Å². The average Bonchev–Trinajstić information content (AvgIpc) is 2.09. The Kier molecular flexibility index (Phi) is 2.94. The number of hydrogen-bond donors (Lipinski definition) is 2. The van der Waals surface area contributed by atoms with E-state index in [2.05, 4.69) is 26.2 Å². The third-order valence-corrected chi connectivity index (χ3v) is 2.21. The van der Waals surface area contributed by atoms with Gasteiger partial charge in [0.2, 0.25) is 0 Å². The van der Waals surface area contributed by atoms with E-state index in [1.807, 2.05) is 19.0 Å². The molecule has 0 aromatic heterocycles. The Balaban J connectivity index is 2.95. The number of halogens is 1. The first kappa shape index (κ1) is 10.5. The van der Waals surface area contributed by atoms with Crippen molar-refractivity contribution >= 4 is 21.8 Å². The number of nitrogens with zero attached hydrogens (tertiary/aromatic N) is 2. The number of aliphatic imine (C=N–C) groups is 1. The van der Waals surface area contributed by atoms with Crippen molar-refractivity contribution in [1.29, 1.82) is 0 Å². The maximum atomic E-state index is 5.74. The summed E-state index contributed by atoms with van der Waals surface area (Å²) in [5, 5.41) is 2.81. The second kappa shape index (κ2) is 3.65. The quantitative estimate of drug-likeness (QED) is 0.642. The lowest BCUT2D eigenvalue weighted by Crippen LogP contribution is -2.54. The molecule has 1 unspecified atom stereocenters. The number of likely N-dealkylation sites (N-methyl/N-ethyl adjacent to an activating group) is 1. The van der Waals surface area contributed by atoms with Crippen LogP contribution in [-0.2, 0) is 4.74 Å². The van der Waals surface area contributed by atoms with Crippen LogP contribution < -0.4 is 11.1 Å². The predicted molar refractivity (Wildman–Crippen MR) is 55.2 cm³/mol. The molecule has 0 fully saturated rings. The molecule has 74 valence electrons. The summed E-state index contributed by atoms with van der Waals surface area (Å²) in [6.45, 7) is 0. The van der Waals surface area contributed by atoms with E-state index < -0.39 is 5.97 Å². The third kappa shape index (κ3) is 2.20. The van der Waals surface area contributed by atoms with Crippen LogP contribution in [0.15, 0.2) is 15.7 Å². The Bertz CT molecular complexity index is 263. The number of rotatable bonds is 1. The van der Waals surface area contributed by atoms with Crippen molar-refractivity contribution in [2.24, 2.45) is 10.7 Å². The molecule has 0 saturated heterocycles. The van der Waals surface area contributed by atoms with E-state index in [1.54, 1.807) is 6.20 Å². The third-order valence-electron chi connectivity index (χ3n) is 1.63. The molecule has 6 heteroatoms. The smallest absolute Gasteiger partial charge is 0.298 e. The highest BCUT2D eigenvalue weighted by Crippen LogP contribution is 2.16. The molecule has 1 heterocycles. The van der Waals surface area contributed by atoms with E-state index in [-0.39, 0.29) is 0 Å². The molecule has 5 nitrogen and oxygen atoms in total. The van der Waals surface area contributed by atoms with Crippen molar-refractivity contribution in [3.8, 4) is 0 Å². The number of nitrogens with one attached hydrogen (secondary N) is 1. The molecule has 0 aromatic carbocycles. The standard InChI is InChI=1S/C7H13BrN4O/c1-12(2)6-5(8)4-10-7(9,11-6)13-3/h4,10H,9H2,1-3H3. The molecule has 0 radical (unpaired) electrons. The second-order valence-corrected chi connectivity index (χ2v) is 3.72. The molecule has 13 heavy (non-hydrogen) atoms. The largest absolute Gasteiger partial charge is 0.362 e. The molecular formula is C7H13BrN4O. The fourth-order valence-corrected chi connectivity index (χ4v) is 1.45. The summed E-state index contributed by atoms with van der Waals surface area (Å²) in [5.74, 6) is -0.417. The SMILES string of the molecule is COC1(N)N=C(N(C)C)C(Br)=CN1. The minimum absolute atomic E-state index is 0.739. The first-order valence-corrected chi connectivity index (χ1v) is 4.53. The minimum Gasteiger partial charge on any atom is -0.362 e. The average molecular weight is 249 g/mol. The summed E-state index contributed by atoms with van der Waals surface area (Å²) >= 11 is 3.35. The summed E-state index contributed by atoms with van der Waals surface area (Å²) in [7, 11) is 5.27. The van der Waals surface area contributed by atoms with E-state index in [1.165, 1.54) is 7.11 Å². The maximum Gasteiger partial charge on any atom is 0.298 e. The van der Waals surface area contributed by atoms with Gasteiger partial charge in [-0.2, -0.15) is 4.99 Å². The second-order valence-electron chi connectivity index (χ2n) is 2.87. The molecule has 0 amide bonds. The molecular weight excluding hydrogens is 236 g/mol. The van der Waals surface area contributed by atoms with Crippen molar-refractivity contribution in [2.45, 2.75) is 5.97 Å². The van der Waals surface area contributed by atoms with Gasteiger partial charge in [0.25, 0.3) is 5.97 Å². The van der Waals surface area contributed by atoms with Gasteiger partial charge in [0.05, 0.1) is 4.48 Å². The number of hydrogen-bond acceptors (Lipinski definition) is 5. The van der Waals surface area contributed by atoms with Crippen LogP contribution in [0.3, 0.4) is 0 Å². The van der Waals surface area contributed by atoms with Crippen LogP contribution in [0.1, 0.15) is 0 Å². The van der Waals surface area contributed by atoms with Crippen LogP contribution in [0.25, 0.3) is 0 Å². The van der Waals surface area contributed by atoms with Gasteiger partial charge in [0, 0.05) is 27.4 Å². The van der Waals surface area contributed by atoms with Crippen LogP contribution in [0, 0.1) is 0 Å². The fourth-order valence-electron chi connectivity index (χ4n) is 0.893. The number of nitrogens with two attached hydrogens (primary N) is 1. The summed E-state index contributed by atoms with van der Waals surface area (Å²) in [5.41, 5.74) is 5.74. The lowest BCUT2D eigenvalue weighted by Gasteiger charge is -2.30. The van der Waals surface area contributed by atoms with Gasteiger partial charge in [-0.15, -0.1) is 0 Å². The summed E-state index contributed by atoms with van der Waals surface area (Å²) < 4.78 is 5.84. The zero-order valence-corrected chi connectivity index (χ0v) is 9.42. The first-order chi connectivity index (χ1) is 5.98. The van der Waals surface area contributed by atoms with Crippen LogP contribution in [0.2, 0.25) is 0 Å². The molecule has 1 rings (SSSR count). The Morgan fingerprint density at radius 2 is 2.31 bits per heavy atom. The zero-order valence-electron chi connectivity index (χ0n) is 7.84. The highest BCUT2D eigenvalue weighted by molar-refractivity contribution is 9.12. The van der Waals surface area contributed by atoms with Gasteiger partial charge >= 0.3 is 0 Å². The number of methoxy groups -OCH3 is 1. The first-order valence-electron chi connectivity index (χ1n) is 3.73. The number of ether oxygens (including phenoxy) is 1. The van der Waals surface area contributed by atoms with Gasteiger partial charge < -0.3 is 15.0 Å². The van der Waals surface area contributed by atoms with E-state index in [9.17, 15) is 0 Å². The van der Waals surface area contributed by atoms with Gasteiger partial charge in [0.15, 0.2) is 0 Å². The zero-order chi connectivity index (χ0) is 10.1. The minimum atomic E-state index is -1.16. The molecule has 0 aliphatic carbocycles. The van der Waals surface area contributed by atoms with E-state index in [0.29, 0.717) is 0 Å². The maximum absolute atomic E-state index is 5.74. The molecule has 1 aliphatic rings. The fraction of sp³-hybridized carbons (Fsp3) is 0.571. The van der Waals surface area contributed by atoms with Crippen LogP contribution >= 0.6 is 15.9 Å². The van der Waals surface area contributed by atoms with Crippen LogP contribution in [-0.4, -0.2) is 37.9 Å². The molecule has 0 aromatic rings. The highest BCUT2D eigenvalue weighted by Gasteiger charge is 2.27. The molecule has 1 aliphatic heterocycles. The number of amidine groups is 1. The van der Waals surface area contributed by atoms with Gasteiger partial charge in [-0.25, -0.2) is 0 Å². The van der Waals surface area contributed by atoms with Crippen molar-refractivity contribution in [3.05, 3.63) is 10.7 Å². The lowest BCUT2D eigenvalue weighted by molar-refractivity contribution is -0.0173. The summed E-state index contributed by atoms with van der Waals surface area (Å²) in [6, 6.07) is 0. The Hall–Kier alpha value is -0.590. The van der Waals surface area contributed by atoms with E-state index in [4.69, 9.17) is 10.5 Å². The van der Waals surface area contributed by atoms with Crippen LogP contribution in [0.5, 0.6) is 0 Å². The lowest BCUT2D eigenvalue weighted by atomic mass is 10.4. The molecule has 0 bridgehead atoms. The van der Waals surface area contributed by atoms with Gasteiger partial charge in [-0.1, -0.05) is 0 Å². The van der Waals surface area contributed by atoms with E-state index >= 15 is 0 Å². The molecule has 0 spiro atoms. The van der Waals surface area contributed by atoms with Gasteiger partial charge in [-0.3, -0.25) is 5.73 Å². The Morgan fingerprint density at radius 3 is 2.77 bits per heavy atom. The summed E-state index contributed by atoms with van der Waals surface area (Å²) in [4.78, 5) is 6.03. The molecule has 3 N–H and O–H groups in total. The van der Waals surface area contributed by atoms with Crippen LogP contribution in [0.4, 0.5) is 0 Å². The van der Waals surface area contributed by atoms with Gasteiger partial charge in [-0.05, 0) is 15.9 Å². The monoisotopic (exact) mass is 248 g/mol. The van der Waals surface area contributed by atoms with Crippen molar-refractivity contribution < 1.29 is 4.74 Å². The Morgan fingerprint density at radius 1 is 1.69 bits per heavy atom. The molecule has 0 saturated carbocycles. The molecule has 1 atom stereocenters. The normalized spacial score (nSPS) is 27.5. The highest BCUT2D eigenvalue weighted by atomic mass is 79.9. The summed E-state index contributed by atoms with van der Waals surface area (Å²) in [6.07, 6.45) is 1.71. The topological polar surface area (TPSA) is 62.9 Å². The Labute approximate surface area is 85.8 Å². The predicted octanol–water partition coefficient (Wildman–Crippen LogP) is 0.00240. The van der Waals surface area contributed by atoms with Gasteiger partial charge in [0.1, 0.15) is 5.84 Å². The van der Waals surface area contributed by atoms with Crippen molar-refractivity contribution in [1.82, 2.24) is 10.2 Å². The van der Waals surface area contributed by atoms with E-state index in [0.717, 1.165) is 10.3 Å².